The Kier molecular flexibility index (Phi) is 6.17. The van der Waals surface area contributed by atoms with Gasteiger partial charge in [0.2, 0.25) is 5.91 Å². The van der Waals surface area contributed by atoms with E-state index in [-0.39, 0.29) is 18.0 Å². The first-order valence-electron chi connectivity index (χ1n) is 10.8. The van der Waals surface area contributed by atoms with Gasteiger partial charge in [-0.15, -0.1) is 0 Å². The third-order valence-electron chi connectivity index (χ3n) is 5.73. The van der Waals surface area contributed by atoms with Crippen molar-refractivity contribution in [2.24, 2.45) is 0 Å². The monoisotopic (exact) mass is 531 g/mol. The van der Waals surface area contributed by atoms with Gasteiger partial charge in [0, 0.05) is 46.5 Å². The zero-order chi connectivity index (χ0) is 23.7. The van der Waals surface area contributed by atoms with Crippen molar-refractivity contribution >= 4 is 50.5 Å². The first-order chi connectivity index (χ1) is 16.5. The smallest absolute Gasteiger partial charge is 0.221 e. The standard InChI is InChI=1S/C26H22BrN5OS/c1-17(33)29-19-10-12-20(13-11-19)32-25(24(30-26(32)34)22-8-2-3-14-28-22)23-9-5-15-31(23)21-7-4-6-18(27)16-21/h2-16,24-25H,1H3,(H,29,33)(H,30,34)/t24-,25-/m1/s1. The Morgan fingerprint density at radius 3 is 2.56 bits per heavy atom. The Balaban J connectivity index is 1.62. The van der Waals surface area contributed by atoms with Crippen LogP contribution in [0.1, 0.15) is 30.4 Å². The third-order valence-corrected chi connectivity index (χ3v) is 6.54. The van der Waals surface area contributed by atoms with Crippen LogP contribution in [-0.2, 0) is 4.79 Å². The molecule has 1 aliphatic heterocycles. The van der Waals surface area contributed by atoms with Gasteiger partial charge >= 0.3 is 0 Å². The maximum Gasteiger partial charge on any atom is 0.221 e. The first kappa shape index (κ1) is 22.3. The molecule has 3 heterocycles. The number of aromatic nitrogens is 2. The van der Waals surface area contributed by atoms with Crippen LogP contribution in [0.25, 0.3) is 5.69 Å². The Labute approximate surface area is 211 Å². The molecule has 0 unspecified atom stereocenters. The second-order valence-electron chi connectivity index (χ2n) is 8.01. The van der Waals surface area contributed by atoms with E-state index in [9.17, 15) is 4.79 Å². The summed E-state index contributed by atoms with van der Waals surface area (Å²) < 4.78 is 3.19. The van der Waals surface area contributed by atoms with Gasteiger partial charge in [0.25, 0.3) is 0 Å². The van der Waals surface area contributed by atoms with E-state index in [2.05, 4.69) is 65.4 Å². The first-order valence-corrected chi connectivity index (χ1v) is 12.0. The lowest BCUT2D eigenvalue weighted by Gasteiger charge is -2.29. The zero-order valence-electron chi connectivity index (χ0n) is 18.4. The predicted octanol–water partition coefficient (Wildman–Crippen LogP) is 5.77. The fourth-order valence-electron chi connectivity index (χ4n) is 4.34. The topological polar surface area (TPSA) is 62.2 Å². The molecular weight excluding hydrogens is 510 g/mol. The van der Waals surface area contributed by atoms with Crippen LogP contribution in [0.2, 0.25) is 0 Å². The van der Waals surface area contributed by atoms with Gasteiger partial charge in [0.1, 0.15) is 6.04 Å². The normalized spacial score (nSPS) is 17.5. The molecule has 2 aromatic carbocycles. The lowest BCUT2D eigenvalue weighted by atomic mass is 10.0. The number of benzene rings is 2. The highest BCUT2D eigenvalue weighted by Gasteiger charge is 2.42. The van der Waals surface area contributed by atoms with Crippen molar-refractivity contribution in [2.75, 3.05) is 10.2 Å². The summed E-state index contributed by atoms with van der Waals surface area (Å²) in [6, 6.07) is 25.7. The summed E-state index contributed by atoms with van der Waals surface area (Å²) in [7, 11) is 0. The zero-order valence-corrected chi connectivity index (χ0v) is 20.8. The van der Waals surface area contributed by atoms with E-state index in [1.165, 1.54) is 6.92 Å². The number of pyridine rings is 1. The van der Waals surface area contributed by atoms with Crippen LogP contribution in [0.3, 0.4) is 0 Å². The number of hydrogen-bond acceptors (Lipinski definition) is 3. The van der Waals surface area contributed by atoms with E-state index in [1.54, 1.807) is 6.20 Å². The third kappa shape index (κ3) is 4.34. The van der Waals surface area contributed by atoms with E-state index in [0.29, 0.717) is 5.11 Å². The minimum Gasteiger partial charge on any atom is -0.351 e. The number of anilines is 2. The van der Waals surface area contributed by atoms with Crippen LogP contribution in [-0.4, -0.2) is 20.6 Å². The molecule has 0 spiro atoms. The molecule has 170 valence electrons. The summed E-state index contributed by atoms with van der Waals surface area (Å²) >= 11 is 9.42. The number of carbonyl (C=O) groups excluding carboxylic acids is 1. The molecule has 1 aliphatic rings. The van der Waals surface area contributed by atoms with Crippen LogP contribution in [0.4, 0.5) is 11.4 Å². The molecule has 0 radical (unpaired) electrons. The van der Waals surface area contributed by atoms with Crippen molar-refractivity contribution in [1.29, 1.82) is 0 Å². The molecule has 8 heteroatoms. The Hall–Kier alpha value is -3.49. The highest BCUT2D eigenvalue weighted by Crippen LogP contribution is 2.42. The van der Waals surface area contributed by atoms with Crippen molar-refractivity contribution in [2.45, 2.75) is 19.0 Å². The lowest BCUT2D eigenvalue weighted by Crippen LogP contribution is -2.30. The minimum absolute atomic E-state index is 0.106. The molecular formula is C26H22BrN5OS. The molecule has 1 amide bonds. The molecule has 6 nitrogen and oxygen atoms in total. The van der Waals surface area contributed by atoms with Crippen molar-refractivity contribution in [3.63, 3.8) is 0 Å². The number of hydrogen-bond donors (Lipinski definition) is 2. The number of nitrogens with one attached hydrogen (secondary N) is 2. The average Bonchev–Trinajstić information content (AvgIpc) is 3.44. The Morgan fingerprint density at radius 1 is 1.03 bits per heavy atom. The van der Waals surface area contributed by atoms with Crippen LogP contribution >= 0.6 is 28.1 Å². The number of halogens is 1. The molecule has 5 rings (SSSR count). The number of thiocarbonyl (C=S) groups is 1. The fraction of sp³-hybridized carbons (Fsp3) is 0.115. The van der Waals surface area contributed by atoms with Gasteiger partial charge in [-0.2, -0.15) is 0 Å². The second kappa shape index (κ2) is 9.40. The van der Waals surface area contributed by atoms with Gasteiger partial charge in [0.05, 0.1) is 11.7 Å². The minimum atomic E-state index is -0.150. The van der Waals surface area contributed by atoms with Crippen molar-refractivity contribution in [1.82, 2.24) is 14.9 Å². The molecule has 34 heavy (non-hydrogen) atoms. The van der Waals surface area contributed by atoms with Gasteiger partial charge < -0.3 is 20.1 Å². The van der Waals surface area contributed by atoms with E-state index >= 15 is 0 Å². The molecule has 2 aromatic heterocycles. The van der Waals surface area contributed by atoms with E-state index in [4.69, 9.17) is 12.2 Å². The number of carbonyl (C=O) groups is 1. The van der Waals surface area contributed by atoms with Crippen molar-refractivity contribution < 1.29 is 4.79 Å². The number of amides is 1. The summed E-state index contributed by atoms with van der Waals surface area (Å²) in [6.45, 7) is 1.50. The summed E-state index contributed by atoms with van der Waals surface area (Å²) in [5.41, 5.74) is 4.70. The van der Waals surface area contributed by atoms with Crippen molar-refractivity contribution in [3.8, 4) is 5.69 Å². The van der Waals surface area contributed by atoms with Crippen LogP contribution < -0.4 is 15.5 Å². The lowest BCUT2D eigenvalue weighted by molar-refractivity contribution is -0.114. The quantitative estimate of drug-likeness (QED) is 0.320. The highest BCUT2D eigenvalue weighted by atomic mass is 79.9. The molecule has 0 aliphatic carbocycles. The molecule has 0 saturated carbocycles. The van der Waals surface area contributed by atoms with Gasteiger partial charge in [-0.25, -0.2) is 0 Å². The number of nitrogens with zero attached hydrogens (tertiary/aromatic N) is 3. The molecule has 1 fully saturated rings. The molecule has 4 aromatic rings. The van der Waals surface area contributed by atoms with Crippen LogP contribution in [0, 0.1) is 0 Å². The van der Waals surface area contributed by atoms with Gasteiger partial charge in [-0.1, -0.05) is 28.1 Å². The van der Waals surface area contributed by atoms with Crippen LogP contribution in [0.5, 0.6) is 0 Å². The fourth-order valence-corrected chi connectivity index (χ4v) is 5.07. The van der Waals surface area contributed by atoms with E-state index in [0.717, 1.165) is 32.9 Å². The molecule has 1 saturated heterocycles. The van der Waals surface area contributed by atoms with Crippen LogP contribution in [0.15, 0.2) is 95.7 Å². The maximum absolute atomic E-state index is 11.4. The summed E-state index contributed by atoms with van der Waals surface area (Å²) in [4.78, 5) is 18.2. The van der Waals surface area contributed by atoms with Gasteiger partial charge in [-0.3, -0.25) is 9.78 Å². The molecule has 0 bridgehead atoms. The predicted molar refractivity (Wildman–Crippen MR) is 142 cm³/mol. The summed E-state index contributed by atoms with van der Waals surface area (Å²) in [6.07, 6.45) is 3.86. The largest absolute Gasteiger partial charge is 0.351 e. The summed E-state index contributed by atoms with van der Waals surface area (Å²) in [5, 5.41) is 6.94. The van der Waals surface area contributed by atoms with Gasteiger partial charge in [0.15, 0.2) is 5.11 Å². The van der Waals surface area contributed by atoms with E-state index in [1.807, 2.05) is 60.7 Å². The molecule has 2 N–H and O–H groups in total. The average molecular weight is 532 g/mol. The van der Waals surface area contributed by atoms with Gasteiger partial charge in [-0.05, 0) is 78.9 Å². The highest BCUT2D eigenvalue weighted by molar-refractivity contribution is 9.10. The van der Waals surface area contributed by atoms with E-state index < -0.39 is 0 Å². The maximum atomic E-state index is 11.4. The SMILES string of the molecule is CC(=O)Nc1ccc(N2C(=S)N[C@H](c3ccccn3)[C@H]2c2cccn2-c2cccc(Br)c2)cc1. The summed E-state index contributed by atoms with van der Waals surface area (Å²) in [5.74, 6) is -0.106. The number of rotatable bonds is 5. The molecule has 2 atom stereocenters. The van der Waals surface area contributed by atoms with Crippen molar-refractivity contribution in [3.05, 3.63) is 107 Å². The second-order valence-corrected chi connectivity index (χ2v) is 9.31. The Bertz CT molecular complexity index is 1340. The Morgan fingerprint density at radius 2 is 1.85 bits per heavy atom.